The minimum atomic E-state index is -1.03. The molecule has 1 aliphatic rings. The first-order valence-electron chi connectivity index (χ1n) is 9.79. The molecule has 1 unspecified atom stereocenters. The molecule has 8 heteroatoms. The monoisotopic (exact) mass is 457 g/mol. The number of rotatable bonds is 9. The lowest BCUT2D eigenvalue weighted by molar-refractivity contribution is -0.145. The SMILES string of the molecule is CCC(Oc1ccccc1/C=C1/SC(=S)N(CCc2ccc(OC)cc2)C1=O)C(=O)O. The van der Waals surface area contributed by atoms with Gasteiger partial charge in [0.2, 0.25) is 0 Å². The first-order chi connectivity index (χ1) is 14.9. The van der Waals surface area contributed by atoms with E-state index in [9.17, 15) is 14.7 Å². The summed E-state index contributed by atoms with van der Waals surface area (Å²) >= 11 is 6.65. The molecule has 6 nitrogen and oxygen atoms in total. The van der Waals surface area contributed by atoms with Crippen LogP contribution in [0.3, 0.4) is 0 Å². The van der Waals surface area contributed by atoms with E-state index in [4.69, 9.17) is 21.7 Å². The molecule has 162 valence electrons. The Morgan fingerprint density at radius 2 is 1.94 bits per heavy atom. The highest BCUT2D eigenvalue weighted by atomic mass is 32.2. The molecule has 1 saturated heterocycles. The summed E-state index contributed by atoms with van der Waals surface area (Å²) in [5.41, 5.74) is 1.72. The number of thioether (sulfide) groups is 1. The van der Waals surface area contributed by atoms with Crippen LogP contribution in [-0.2, 0) is 16.0 Å². The van der Waals surface area contributed by atoms with Crippen molar-refractivity contribution in [1.82, 2.24) is 4.90 Å². The Balaban J connectivity index is 1.73. The lowest BCUT2D eigenvalue weighted by Crippen LogP contribution is -2.30. The van der Waals surface area contributed by atoms with Gasteiger partial charge >= 0.3 is 5.97 Å². The number of thiocarbonyl (C=S) groups is 1. The predicted octanol–water partition coefficient (Wildman–Crippen LogP) is 4.38. The Labute approximate surface area is 190 Å². The smallest absolute Gasteiger partial charge is 0.344 e. The highest BCUT2D eigenvalue weighted by Gasteiger charge is 2.32. The Bertz CT molecular complexity index is 1000. The summed E-state index contributed by atoms with van der Waals surface area (Å²) in [5, 5.41) is 9.27. The second-order valence-electron chi connectivity index (χ2n) is 6.82. The molecule has 1 atom stereocenters. The van der Waals surface area contributed by atoms with Crippen LogP contribution in [0, 0.1) is 0 Å². The highest BCUT2D eigenvalue weighted by molar-refractivity contribution is 8.26. The number of carboxylic acid groups (broad SMARTS) is 1. The lowest BCUT2D eigenvalue weighted by Gasteiger charge is -2.15. The topological polar surface area (TPSA) is 76.1 Å². The van der Waals surface area contributed by atoms with Gasteiger partial charge in [0.25, 0.3) is 5.91 Å². The third-order valence-corrected chi connectivity index (χ3v) is 6.16. The average Bonchev–Trinajstić information content (AvgIpc) is 3.04. The Kier molecular flexibility index (Phi) is 7.70. The summed E-state index contributed by atoms with van der Waals surface area (Å²) in [6, 6.07) is 14.8. The highest BCUT2D eigenvalue weighted by Crippen LogP contribution is 2.34. The van der Waals surface area contributed by atoms with Crippen molar-refractivity contribution in [3.63, 3.8) is 0 Å². The zero-order valence-electron chi connectivity index (χ0n) is 17.2. The number of carbonyl (C=O) groups excluding carboxylic acids is 1. The van der Waals surface area contributed by atoms with E-state index in [-0.39, 0.29) is 5.91 Å². The average molecular weight is 458 g/mol. The molecule has 3 rings (SSSR count). The molecule has 2 aromatic carbocycles. The number of ether oxygens (including phenoxy) is 2. The van der Waals surface area contributed by atoms with Crippen LogP contribution in [0.15, 0.2) is 53.4 Å². The molecule has 1 fully saturated rings. The number of methoxy groups -OCH3 is 1. The van der Waals surface area contributed by atoms with Crippen molar-refractivity contribution in [3.8, 4) is 11.5 Å². The standard InChI is InChI=1S/C23H23NO5S2/c1-3-18(22(26)27)29-19-7-5-4-6-16(19)14-20-21(25)24(23(30)31-20)13-12-15-8-10-17(28-2)11-9-15/h4-11,14,18H,3,12-13H2,1-2H3,(H,26,27)/b20-14+. The fourth-order valence-electron chi connectivity index (χ4n) is 3.04. The molecule has 1 heterocycles. The Hall–Kier alpha value is -2.84. The van der Waals surface area contributed by atoms with Gasteiger partial charge in [0.15, 0.2) is 6.10 Å². The van der Waals surface area contributed by atoms with Gasteiger partial charge in [0, 0.05) is 12.1 Å². The fraction of sp³-hybridized carbons (Fsp3) is 0.261. The number of amides is 1. The first kappa shape index (κ1) is 22.8. The summed E-state index contributed by atoms with van der Waals surface area (Å²) in [6.07, 6.45) is 1.75. The van der Waals surface area contributed by atoms with Crippen molar-refractivity contribution < 1.29 is 24.2 Å². The number of para-hydroxylation sites is 1. The van der Waals surface area contributed by atoms with Gasteiger partial charge < -0.3 is 14.6 Å². The number of hydrogen-bond acceptors (Lipinski definition) is 6. The van der Waals surface area contributed by atoms with Crippen molar-refractivity contribution in [2.24, 2.45) is 0 Å². The van der Waals surface area contributed by atoms with Crippen LogP contribution in [0.5, 0.6) is 11.5 Å². The molecule has 0 spiro atoms. The molecule has 0 aromatic heterocycles. The summed E-state index contributed by atoms with van der Waals surface area (Å²) in [6.45, 7) is 2.22. The number of hydrogen-bond donors (Lipinski definition) is 1. The van der Waals surface area contributed by atoms with Gasteiger partial charge in [-0.2, -0.15) is 0 Å². The van der Waals surface area contributed by atoms with Crippen LogP contribution in [0.25, 0.3) is 6.08 Å². The van der Waals surface area contributed by atoms with Crippen molar-refractivity contribution in [1.29, 1.82) is 0 Å². The van der Waals surface area contributed by atoms with E-state index in [1.165, 1.54) is 11.8 Å². The van der Waals surface area contributed by atoms with Gasteiger partial charge in [0.1, 0.15) is 15.8 Å². The van der Waals surface area contributed by atoms with E-state index in [1.807, 2.05) is 30.3 Å². The molecule has 2 aromatic rings. The minimum Gasteiger partial charge on any atom is -0.497 e. The predicted molar refractivity (Wildman–Crippen MR) is 125 cm³/mol. The quantitative estimate of drug-likeness (QED) is 0.442. The lowest BCUT2D eigenvalue weighted by atomic mass is 10.1. The molecule has 1 amide bonds. The van der Waals surface area contributed by atoms with Gasteiger partial charge in [-0.25, -0.2) is 4.79 Å². The van der Waals surface area contributed by atoms with Gasteiger partial charge in [-0.1, -0.05) is 61.2 Å². The Morgan fingerprint density at radius 1 is 1.23 bits per heavy atom. The van der Waals surface area contributed by atoms with E-state index in [1.54, 1.807) is 43.2 Å². The third kappa shape index (κ3) is 5.65. The van der Waals surface area contributed by atoms with Crippen LogP contribution in [-0.4, -0.2) is 46.0 Å². The molecule has 0 radical (unpaired) electrons. The summed E-state index contributed by atoms with van der Waals surface area (Å²) in [7, 11) is 1.62. The number of aliphatic carboxylic acids is 1. The van der Waals surface area contributed by atoms with Crippen LogP contribution >= 0.6 is 24.0 Å². The largest absolute Gasteiger partial charge is 0.497 e. The maximum atomic E-state index is 12.9. The van der Waals surface area contributed by atoms with E-state index < -0.39 is 12.1 Å². The first-order valence-corrected chi connectivity index (χ1v) is 11.0. The molecule has 1 aliphatic heterocycles. The van der Waals surface area contributed by atoms with E-state index in [0.29, 0.717) is 39.9 Å². The normalized spacial score (nSPS) is 15.9. The van der Waals surface area contributed by atoms with Gasteiger partial charge in [0.05, 0.1) is 12.0 Å². The summed E-state index contributed by atoms with van der Waals surface area (Å²) < 4.78 is 11.3. The van der Waals surface area contributed by atoms with E-state index >= 15 is 0 Å². The number of carboxylic acids is 1. The zero-order valence-corrected chi connectivity index (χ0v) is 18.9. The Morgan fingerprint density at radius 3 is 2.58 bits per heavy atom. The van der Waals surface area contributed by atoms with Crippen molar-refractivity contribution in [3.05, 3.63) is 64.6 Å². The molecule has 0 bridgehead atoms. The molecule has 1 N–H and O–H groups in total. The molecular formula is C23H23NO5S2. The van der Waals surface area contributed by atoms with Gasteiger partial charge in [-0.05, 0) is 42.7 Å². The number of nitrogens with zero attached hydrogens (tertiary/aromatic N) is 1. The second kappa shape index (κ2) is 10.5. The molecule has 0 aliphatic carbocycles. The van der Waals surface area contributed by atoms with E-state index in [0.717, 1.165) is 11.3 Å². The fourth-order valence-corrected chi connectivity index (χ4v) is 4.34. The zero-order chi connectivity index (χ0) is 22.4. The second-order valence-corrected chi connectivity index (χ2v) is 8.50. The minimum absolute atomic E-state index is 0.163. The molecule has 0 saturated carbocycles. The molecule has 31 heavy (non-hydrogen) atoms. The van der Waals surface area contributed by atoms with Crippen molar-refractivity contribution in [2.45, 2.75) is 25.9 Å². The summed E-state index contributed by atoms with van der Waals surface area (Å²) in [4.78, 5) is 26.3. The maximum absolute atomic E-state index is 12.9. The van der Waals surface area contributed by atoms with Crippen LogP contribution in [0.1, 0.15) is 24.5 Å². The van der Waals surface area contributed by atoms with Crippen LogP contribution < -0.4 is 9.47 Å². The number of carbonyl (C=O) groups is 2. The van der Waals surface area contributed by atoms with Gasteiger partial charge in [-0.15, -0.1) is 0 Å². The third-order valence-electron chi connectivity index (χ3n) is 4.78. The van der Waals surface area contributed by atoms with Gasteiger partial charge in [-0.3, -0.25) is 9.69 Å². The van der Waals surface area contributed by atoms with E-state index in [2.05, 4.69) is 0 Å². The van der Waals surface area contributed by atoms with Crippen LogP contribution in [0.4, 0.5) is 0 Å². The molecular weight excluding hydrogens is 434 g/mol. The van der Waals surface area contributed by atoms with Crippen molar-refractivity contribution >= 4 is 46.3 Å². The number of benzene rings is 2. The maximum Gasteiger partial charge on any atom is 0.344 e. The summed E-state index contributed by atoms with van der Waals surface area (Å²) in [5.74, 6) is 0.0115. The van der Waals surface area contributed by atoms with Crippen LogP contribution in [0.2, 0.25) is 0 Å². The van der Waals surface area contributed by atoms with Crippen molar-refractivity contribution in [2.75, 3.05) is 13.7 Å².